The highest BCUT2D eigenvalue weighted by Gasteiger charge is 2.30. The van der Waals surface area contributed by atoms with Crippen molar-refractivity contribution in [2.75, 3.05) is 6.54 Å². The van der Waals surface area contributed by atoms with Crippen molar-refractivity contribution in [3.8, 4) is 5.75 Å². The second-order valence-corrected chi connectivity index (χ2v) is 4.91. The fourth-order valence-electron chi connectivity index (χ4n) is 2.18. The third kappa shape index (κ3) is 5.26. The third-order valence-electron chi connectivity index (χ3n) is 3.24. The number of hydrogen-bond donors (Lipinski definition) is 2. The minimum absolute atomic E-state index is 0.0236. The van der Waals surface area contributed by atoms with Gasteiger partial charge in [-0.15, -0.1) is 13.2 Å². The fraction of sp³-hybridized carbons (Fsp3) is 0.500. The van der Waals surface area contributed by atoms with Crippen LogP contribution >= 0.6 is 0 Å². The number of carbonyl (C=O) groups is 1. The highest BCUT2D eigenvalue weighted by molar-refractivity contribution is 5.81. The van der Waals surface area contributed by atoms with Crippen LogP contribution in [-0.2, 0) is 11.3 Å². The number of hydrogen-bond acceptors (Lipinski definition) is 3. The van der Waals surface area contributed by atoms with Gasteiger partial charge in [-0.2, -0.15) is 0 Å². The SMILES string of the molecule is O=C1NCCCC[C@H]1NCc1ccc(OC(F)(F)F)cc1. The van der Waals surface area contributed by atoms with Gasteiger partial charge in [0, 0.05) is 13.1 Å². The van der Waals surface area contributed by atoms with Crippen LogP contribution in [0.25, 0.3) is 0 Å². The molecule has 7 heteroatoms. The Morgan fingerprint density at radius 1 is 1.24 bits per heavy atom. The second-order valence-electron chi connectivity index (χ2n) is 4.91. The van der Waals surface area contributed by atoms with Crippen molar-refractivity contribution < 1.29 is 22.7 Å². The molecule has 1 aromatic rings. The second kappa shape index (κ2) is 6.80. The Hall–Kier alpha value is -1.76. The first-order valence-electron chi connectivity index (χ1n) is 6.80. The van der Waals surface area contributed by atoms with Gasteiger partial charge < -0.3 is 15.4 Å². The summed E-state index contributed by atoms with van der Waals surface area (Å²) in [5.74, 6) is -0.275. The Kier molecular flexibility index (Phi) is 5.06. The monoisotopic (exact) mass is 302 g/mol. The number of carbonyl (C=O) groups excluding carboxylic acids is 1. The third-order valence-corrected chi connectivity index (χ3v) is 3.24. The first-order chi connectivity index (χ1) is 9.94. The molecule has 2 rings (SSSR count). The average molecular weight is 302 g/mol. The number of benzene rings is 1. The molecule has 21 heavy (non-hydrogen) atoms. The van der Waals surface area contributed by atoms with E-state index in [0.29, 0.717) is 13.1 Å². The molecule has 0 unspecified atom stereocenters. The molecule has 4 nitrogen and oxygen atoms in total. The molecule has 1 amide bonds. The summed E-state index contributed by atoms with van der Waals surface area (Å²) >= 11 is 0. The summed E-state index contributed by atoms with van der Waals surface area (Å²) in [6.07, 6.45) is -1.98. The van der Waals surface area contributed by atoms with Gasteiger partial charge in [-0.1, -0.05) is 12.1 Å². The van der Waals surface area contributed by atoms with Gasteiger partial charge in [-0.05, 0) is 37.0 Å². The molecular formula is C14H17F3N2O2. The molecule has 1 aliphatic heterocycles. The maximum Gasteiger partial charge on any atom is 0.573 e. The van der Waals surface area contributed by atoms with Crippen LogP contribution in [-0.4, -0.2) is 24.9 Å². The number of ether oxygens (including phenoxy) is 1. The van der Waals surface area contributed by atoms with Crippen LogP contribution in [0.15, 0.2) is 24.3 Å². The van der Waals surface area contributed by atoms with E-state index in [1.165, 1.54) is 12.1 Å². The van der Waals surface area contributed by atoms with E-state index in [9.17, 15) is 18.0 Å². The molecule has 0 aliphatic carbocycles. The fourth-order valence-corrected chi connectivity index (χ4v) is 2.18. The first kappa shape index (κ1) is 15.6. The quantitative estimate of drug-likeness (QED) is 0.897. The molecule has 0 spiro atoms. The van der Waals surface area contributed by atoms with Crippen molar-refractivity contribution in [2.24, 2.45) is 0 Å². The molecule has 0 saturated carbocycles. The van der Waals surface area contributed by atoms with Crippen molar-refractivity contribution in [1.82, 2.24) is 10.6 Å². The summed E-state index contributed by atoms with van der Waals surface area (Å²) in [5.41, 5.74) is 0.793. The molecule has 1 saturated heterocycles. The first-order valence-corrected chi connectivity index (χ1v) is 6.80. The summed E-state index contributed by atoms with van der Waals surface area (Å²) < 4.78 is 39.9. The van der Waals surface area contributed by atoms with Crippen molar-refractivity contribution in [2.45, 2.75) is 38.2 Å². The normalized spacial score (nSPS) is 19.8. The Bertz CT molecular complexity index is 474. The van der Waals surface area contributed by atoms with Gasteiger partial charge in [0.1, 0.15) is 5.75 Å². The summed E-state index contributed by atoms with van der Waals surface area (Å²) in [7, 11) is 0. The summed E-state index contributed by atoms with van der Waals surface area (Å²) in [6.45, 7) is 1.12. The lowest BCUT2D eigenvalue weighted by Crippen LogP contribution is -2.42. The van der Waals surface area contributed by atoms with Gasteiger partial charge in [-0.25, -0.2) is 0 Å². The summed E-state index contributed by atoms with van der Waals surface area (Å²) in [5, 5.41) is 5.94. The van der Waals surface area contributed by atoms with E-state index in [0.717, 1.165) is 24.8 Å². The van der Waals surface area contributed by atoms with Gasteiger partial charge in [0.15, 0.2) is 0 Å². The lowest BCUT2D eigenvalue weighted by Gasteiger charge is -2.15. The lowest BCUT2D eigenvalue weighted by molar-refractivity contribution is -0.274. The zero-order valence-electron chi connectivity index (χ0n) is 11.4. The predicted molar refractivity (Wildman–Crippen MR) is 70.6 cm³/mol. The smallest absolute Gasteiger partial charge is 0.406 e. The number of amides is 1. The van der Waals surface area contributed by atoms with Gasteiger partial charge in [0.2, 0.25) is 5.91 Å². The highest BCUT2D eigenvalue weighted by Crippen LogP contribution is 2.22. The number of halogens is 3. The molecule has 1 aliphatic rings. The molecule has 0 aromatic heterocycles. The Morgan fingerprint density at radius 3 is 2.62 bits per heavy atom. The van der Waals surface area contributed by atoms with Crippen molar-refractivity contribution in [3.05, 3.63) is 29.8 Å². The van der Waals surface area contributed by atoms with E-state index in [1.807, 2.05) is 0 Å². The molecule has 1 heterocycles. The molecule has 0 bridgehead atoms. The van der Waals surface area contributed by atoms with Crippen LogP contribution in [0.4, 0.5) is 13.2 Å². The summed E-state index contributed by atoms with van der Waals surface area (Å²) in [6, 6.07) is 5.36. The van der Waals surface area contributed by atoms with E-state index in [-0.39, 0.29) is 17.7 Å². The highest BCUT2D eigenvalue weighted by atomic mass is 19.4. The standard InChI is InChI=1S/C14H17F3N2O2/c15-14(16,17)21-11-6-4-10(5-7-11)9-19-12-3-1-2-8-18-13(12)20/h4-7,12,19H,1-3,8-9H2,(H,18,20)/t12-/m1/s1. The van der Waals surface area contributed by atoms with Crippen LogP contribution < -0.4 is 15.4 Å². The van der Waals surface area contributed by atoms with E-state index in [2.05, 4.69) is 15.4 Å². The largest absolute Gasteiger partial charge is 0.573 e. The molecule has 2 N–H and O–H groups in total. The maximum absolute atomic E-state index is 12.0. The predicted octanol–water partition coefficient (Wildman–Crippen LogP) is 2.34. The Balaban J connectivity index is 1.87. The Morgan fingerprint density at radius 2 is 1.95 bits per heavy atom. The van der Waals surface area contributed by atoms with Gasteiger partial charge in [0.05, 0.1) is 6.04 Å². The average Bonchev–Trinajstić information content (AvgIpc) is 2.61. The van der Waals surface area contributed by atoms with E-state index in [1.54, 1.807) is 12.1 Å². The van der Waals surface area contributed by atoms with Crippen LogP contribution in [0.5, 0.6) is 5.75 Å². The van der Waals surface area contributed by atoms with Gasteiger partial charge >= 0.3 is 6.36 Å². The van der Waals surface area contributed by atoms with Crippen LogP contribution in [0.1, 0.15) is 24.8 Å². The van der Waals surface area contributed by atoms with E-state index in [4.69, 9.17) is 0 Å². The number of nitrogens with one attached hydrogen (secondary N) is 2. The lowest BCUT2D eigenvalue weighted by atomic mass is 10.1. The minimum Gasteiger partial charge on any atom is -0.406 e. The molecule has 0 radical (unpaired) electrons. The van der Waals surface area contributed by atoms with E-state index >= 15 is 0 Å². The topological polar surface area (TPSA) is 50.4 Å². The Labute approximate surface area is 120 Å². The molecule has 1 atom stereocenters. The van der Waals surface area contributed by atoms with Crippen molar-refractivity contribution >= 4 is 5.91 Å². The molecule has 1 fully saturated rings. The van der Waals surface area contributed by atoms with Crippen LogP contribution in [0.2, 0.25) is 0 Å². The van der Waals surface area contributed by atoms with Gasteiger partial charge in [0.25, 0.3) is 0 Å². The van der Waals surface area contributed by atoms with Crippen LogP contribution in [0.3, 0.4) is 0 Å². The molecule has 1 aromatic carbocycles. The van der Waals surface area contributed by atoms with E-state index < -0.39 is 6.36 Å². The minimum atomic E-state index is -4.68. The molecular weight excluding hydrogens is 285 g/mol. The maximum atomic E-state index is 12.0. The van der Waals surface area contributed by atoms with Gasteiger partial charge in [-0.3, -0.25) is 4.79 Å². The van der Waals surface area contributed by atoms with Crippen molar-refractivity contribution in [1.29, 1.82) is 0 Å². The summed E-state index contributed by atoms with van der Waals surface area (Å²) in [4.78, 5) is 11.7. The number of rotatable bonds is 4. The molecule has 116 valence electrons. The number of alkyl halides is 3. The zero-order chi connectivity index (χ0) is 15.3. The van der Waals surface area contributed by atoms with Crippen molar-refractivity contribution in [3.63, 3.8) is 0 Å². The van der Waals surface area contributed by atoms with Crippen LogP contribution in [0, 0.1) is 0 Å². The zero-order valence-corrected chi connectivity index (χ0v) is 11.4.